The molecule has 0 bridgehead atoms. The van der Waals surface area contributed by atoms with Gasteiger partial charge in [-0.3, -0.25) is 0 Å². The van der Waals surface area contributed by atoms with Crippen LogP contribution < -0.4 is 0 Å². The molecule has 1 unspecified atom stereocenters. The number of likely N-dealkylation sites (N-methyl/N-ethyl adjacent to an activating group) is 1. The molecule has 3 aromatic carbocycles. The Bertz CT molecular complexity index is 1160. The van der Waals surface area contributed by atoms with E-state index in [1.807, 2.05) is 24.3 Å². The highest BCUT2D eigenvalue weighted by Crippen LogP contribution is 2.38. The van der Waals surface area contributed by atoms with E-state index in [2.05, 4.69) is 58.5 Å². The zero-order valence-corrected chi connectivity index (χ0v) is 15.6. The molecule has 1 aliphatic heterocycles. The fourth-order valence-corrected chi connectivity index (χ4v) is 4.25. The second-order valence-electron chi connectivity index (χ2n) is 7.50. The molecule has 4 heteroatoms. The van der Waals surface area contributed by atoms with E-state index in [-0.39, 0.29) is 11.7 Å². The van der Waals surface area contributed by atoms with Crippen LogP contribution >= 0.6 is 0 Å². The number of aromatic nitrogens is 2. The van der Waals surface area contributed by atoms with Crippen molar-refractivity contribution in [2.24, 2.45) is 0 Å². The summed E-state index contributed by atoms with van der Waals surface area (Å²) in [6.07, 6.45) is 1.63. The summed E-state index contributed by atoms with van der Waals surface area (Å²) in [7, 11) is 2.09. The molecular formula is C24H20FN3. The Morgan fingerprint density at radius 2 is 1.82 bits per heavy atom. The number of rotatable bonds is 2. The average molecular weight is 369 g/mol. The quantitative estimate of drug-likeness (QED) is 0.497. The molecule has 4 aromatic rings. The minimum Gasteiger partial charge on any atom is -0.301 e. The van der Waals surface area contributed by atoms with Gasteiger partial charge in [0.25, 0.3) is 0 Å². The lowest BCUT2D eigenvalue weighted by molar-refractivity contribution is 0.291. The monoisotopic (exact) mass is 369 g/mol. The van der Waals surface area contributed by atoms with Crippen LogP contribution in [0.2, 0.25) is 0 Å². The number of nitrogens with zero attached hydrogens (tertiary/aromatic N) is 3. The largest absolute Gasteiger partial charge is 0.301 e. The maximum Gasteiger partial charge on any atom is 0.128 e. The Hall–Kier alpha value is -3.11. The second-order valence-corrected chi connectivity index (χ2v) is 7.50. The van der Waals surface area contributed by atoms with Crippen molar-refractivity contribution in [1.29, 1.82) is 0 Å². The van der Waals surface area contributed by atoms with Crippen LogP contribution in [-0.2, 0) is 6.54 Å². The highest BCUT2D eigenvalue weighted by molar-refractivity contribution is 5.83. The maximum atomic E-state index is 15.3. The summed E-state index contributed by atoms with van der Waals surface area (Å²) in [5.74, 6) is -0.154. The molecule has 0 spiro atoms. The van der Waals surface area contributed by atoms with Crippen LogP contribution in [0.25, 0.3) is 22.0 Å². The molecule has 5 rings (SSSR count). The van der Waals surface area contributed by atoms with Crippen molar-refractivity contribution in [2.75, 3.05) is 13.6 Å². The third-order valence-electron chi connectivity index (χ3n) is 5.54. The van der Waals surface area contributed by atoms with E-state index in [0.717, 1.165) is 35.3 Å². The Morgan fingerprint density at radius 1 is 0.964 bits per heavy atom. The standard InChI is InChI=1S/C24H20FN3/c1-28-14-20-12-19(23-7-4-10-26-27-23)13-22(25)24(20)21(15-28)18-9-8-16-5-2-3-6-17(16)11-18/h2-13,21H,14-15H2,1H3. The lowest BCUT2D eigenvalue weighted by atomic mass is 9.82. The first-order valence-corrected chi connectivity index (χ1v) is 9.47. The first kappa shape index (κ1) is 17.0. The van der Waals surface area contributed by atoms with Crippen molar-refractivity contribution < 1.29 is 4.39 Å². The Morgan fingerprint density at radius 3 is 2.64 bits per heavy atom. The molecule has 1 aliphatic rings. The van der Waals surface area contributed by atoms with Crippen molar-refractivity contribution in [1.82, 2.24) is 15.1 Å². The molecule has 138 valence electrons. The van der Waals surface area contributed by atoms with Gasteiger partial charge in [-0.1, -0.05) is 42.5 Å². The number of fused-ring (bicyclic) bond motifs is 2. The highest BCUT2D eigenvalue weighted by Gasteiger charge is 2.28. The second kappa shape index (κ2) is 6.80. The molecule has 1 aromatic heterocycles. The SMILES string of the molecule is CN1Cc2cc(-c3cccnn3)cc(F)c2C(c2ccc3ccccc3c2)C1. The van der Waals surface area contributed by atoms with E-state index in [4.69, 9.17) is 0 Å². The van der Waals surface area contributed by atoms with Crippen LogP contribution in [0.15, 0.2) is 72.9 Å². The van der Waals surface area contributed by atoms with Gasteiger partial charge in [0, 0.05) is 36.3 Å². The summed E-state index contributed by atoms with van der Waals surface area (Å²) in [5, 5.41) is 10.5. The van der Waals surface area contributed by atoms with Gasteiger partial charge < -0.3 is 4.90 Å². The van der Waals surface area contributed by atoms with Crippen LogP contribution in [0.1, 0.15) is 22.6 Å². The lowest BCUT2D eigenvalue weighted by Gasteiger charge is -2.33. The maximum absolute atomic E-state index is 15.3. The van der Waals surface area contributed by atoms with Crippen LogP contribution in [0.5, 0.6) is 0 Å². The van der Waals surface area contributed by atoms with E-state index in [1.165, 1.54) is 10.8 Å². The van der Waals surface area contributed by atoms with Crippen molar-refractivity contribution in [3.63, 3.8) is 0 Å². The zero-order valence-electron chi connectivity index (χ0n) is 15.6. The summed E-state index contributed by atoms with van der Waals surface area (Å²) in [6, 6.07) is 22.1. The number of hydrogen-bond donors (Lipinski definition) is 0. The molecule has 0 N–H and O–H groups in total. The molecule has 1 atom stereocenters. The smallest absolute Gasteiger partial charge is 0.128 e. The van der Waals surface area contributed by atoms with Gasteiger partial charge in [0.1, 0.15) is 5.82 Å². The average Bonchev–Trinajstić information content (AvgIpc) is 2.73. The van der Waals surface area contributed by atoms with Gasteiger partial charge in [-0.25, -0.2) is 4.39 Å². The van der Waals surface area contributed by atoms with Crippen LogP contribution in [0, 0.1) is 5.82 Å². The van der Waals surface area contributed by atoms with Gasteiger partial charge in [0.05, 0.1) is 5.69 Å². The van der Waals surface area contributed by atoms with Gasteiger partial charge in [-0.2, -0.15) is 10.2 Å². The van der Waals surface area contributed by atoms with Crippen LogP contribution in [-0.4, -0.2) is 28.7 Å². The fourth-order valence-electron chi connectivity index (χ4n) is 4.25. The Balaban J connectivity index is 1.64. The van der Waals surface area contributed by atoms with Crippen molar-refractivity contribution in [2.45, 2.75) is 12.5 Å². The van der Waals surface area contributed by atoms with E-state index in [0.29, 0.717) is 5.69 Å². The van der Waals surface area contributed by atoms with Crippen LogP contribution in [0.4, 0.5) is 4.39 Å². The lowest BCUT2D eigenvalue weighted by Crippen LogP contribution is -2.31. The molecule has 0 saturated heterocycles. The van der Waals surface area contributed by atoms with Crippen molar-refractivity contribution in [3.8, 4) is 11.3 Å². The highest BCUT2D eigenvalue weighted by atomic mass is 19.1. The molecule has 0 radical (unpaired) electrons. The van der Waals surface area contributed by atoms with Crippen molar-refractivity contribution >= 4 is 10.8 Å². The first-order valence-electron chi connectivity index (χ1n) is 9.47. The first-order chi connectivity index (χ1) is 13.7. The summed E-state index contributed by atoms with van der Waals surface area (Å²) in [5.41, 5.74) is 4.45. The minimum absolute atomic E-state index is 0.00858. The predicted octanol–water partition coefficient (Wildman–Crippen LogP) is 5.01. The summed E-state index contributed by atoms with van der Waals surface area (Å²) < 4.78 is 15.3. The zero-order chi connectivity index (χ0) is 19.1. The van der Waals surface area contributed by atoms with Crippen molar-refractivity contribution in [3.05, 3.63) is 95.4 Å². The molecule has 2 heterocycles. The molecule has 0 fully saturated rings. The van der Waals surface area contributed by atoms with Gasteiger partial charge in [0.2, 0.25) is 0 Å². The Labute approximate surface area is 163 Å². The van der Waals surface area contributed by atoms with Gasteiger partial charge >= 0.3 is 0 Å². The number of benzene rings is 3. The minimum atomic E-state index is -0.163. The summed E-state index contributed by atoms with van der Waals surface area (Å²) >= 11 is 0. The molecule has 3 nitrogen and oxygen atoms in total. The van der Waals surface area contributed by atoms with Crippen LogP contribution in [0.3, 0.4) is 0 Å². The topological polar surface area (TPSA) is 29.0 Å². The normalized spacial score (nSPS) is 16.9. The molecular weight excluding hydrogens is 349 g/mol. The molecule has 0 saturated carbocycles. The molecule has 0 amide bonds. The number of hydrogen-bond acceptors (Lipinski definition) is 3. The van der Waals surface area contributed by atoms with Gasteiger partial charge in [-0.15, -0.1) is 0 Å². The van der Waals surface area contributed by atoms with Gasteiger partial charge in [0.15, 0.2) is 0 Å². The van der Waals surface area contributed by atoms with Gasteiger partial charge in [-0.05, 0) is 53.2 Å². The fraction of sp³-hybridized carbons (Fsp3) is 0.167. The van der Waals surface area contributed by atoms with E-state index in [9.17, 15) is 0 Å². The molecule has 0 aliphatic carbocycles. The predicted molar refractivity (Wildman–Crippen MR) is 110 cm³/mol. The number of halogens is 1. The summed E-state index contributed by atoms with van der Waals surface area (Å²) in [6.45, 7) is 1.52. The third-order valence-corrected chi connectivity index (χ3v) is 5.54. The van der Waals surface area contributed by atoms with E-state index < -0.39 is 0 Å². The molecule has 28 heavy (non-hydrogen) atoms. The summed E-state index contributed by atoms with van der Waals surface area (Å²) in [4.78, 5) is 2.25. The van der Waals surface area contributed by atoms with E-state index in [1.54, 1.807) is 12.3 Å². The van der Waals surface area contributed by atoms with E-state index >= 15 is 4.39 Å². The Kier molecular flexibility index (Phi) is 4.14. The third kappa shape index (κ3) is 2.96.